The van der Waals surface area contributed by atoms with Gasteiger partial charge in [0.15, 0.2) is 0 Å². The lowest BCUT2D eigenvalue weighted by Gasteiger charge is -2.35. The number of amidine groups is 1. The predicted octanol–water partition coefficient (Wildman–Crippen LogP) is 2.18. The minimum Gasteiger partial charge on any atom is -0.464 e. The molecule has 1 amide bonds. The molecule has 0 fully saturated rings. The van der Waals surface area contributed by atoms with Gasteiger partial charge in [0.1, 0.15) is 17.9 Å². The summed E-state index contributed by atoms with van der Waals surface area (Å²) in [5.41, 5.74) is 9.75. The number of likely N-dealkylation sites (N-methyl/N-ethyl adjacent to an activating group) is 1. The number of nitrogens with two attached hydrogens (primary N) is 1. The molecule has 0 unspecified atom stereocenters. The number of carbonyl (C=O) groups excluding carboxylic acids is 2. The summed E-state index contributed by atoms with van der Waals surface area (Å²) < 4.78 is 35.2. The van der Waals surface area contributed by atoms with E-state index in [-0.39, 0.29) is 30.3 Å². The number of carbonyl (C=O) groups is 3. The van der Waals surface area contributed by atoms with Gasteiger partial charge in [-0.05, 0) is 75.0 Å². The molecule has 0 saturated heterocycles. The van der Waals surface area contributed by atoms with Crippen LogP contribution in [0.1, 0.15) is 42.5 Å². The summed E-state index contributed by atoms with van der Waals surface area (Å²) in [4.78, 5) is 39.0. The van der Waals surface area contributed by atoms with Crippen molar-refractivity contribution in [2.24, 2.45) is 5.73 Å². The van der Waals surface area contributed by atoms with Crippen molar-refractivity contribution in [1.29, 1.82) is 5.41 Å². The van der Waals surface area contributed by atoms with Crippen molar-refractivity contribution in [3.05, 3.63) is 76.4 Å². The lowest BCUT2D eigenvalue weighted by Crippen LogP contribution is -2.56. The van der Waals surface area contributed by atoms with E-state index in [9.17, 15) is 18.0 Å². The summed E-state index contributed by atoms with van der Waals surface area (Å²) in [6.07, 6.45) is 1.17. The highest BCUT2D eigenvalue weighted by Gasteiger charge is 2.38. The minimum atomic E-state index is -4.11. The number of sulfonamides is 1. The molecule has 2 aromatic carbocycles. The molecule has 14 heteroatoms. The molecule has 2 heterocycles. The molecular weight excluding hydrogens is 590 g/mol. The molecule has 6 N–H and O–H groups in total. The van der Waals surface area contributed by atoms with Gasteiger partial charge in [-0.25, -0.2) is 18.0 Å². The smallest absolute Gasteiger partial charge is 0.464 e. The van der Waals surface area contributed by atoms with Crippen LogP contribution in [0.4, 0.5) is 4.79 Å². The Morgan fingerprint density at radius 3 is 2.52 bits per heavy atom. The molecule has 4 rings (SSSR count). The molecule has 2 aromatic rings. The Kier molecular flexibility index (Phi) is 11.6. The Bertz CT molecular complexity index is 1540. The zero-order valence-corrected chi connectivity index (χ0v) is 25.8. The average molecular weight is 630 g/mol. The molecule has 0 bridgehead atoms. The summed E-state index contributed by atoms with van der Waals surface area (Å²) in [5.74, 6) is -1.19. The van der Waals surface area contributed by atoms with Crippen LogP contribution in [0.25, 0.3) is 0 Å². The standard InChI is InChI=1S/C29H37N5O5S.CH2O3/c1-4-39-29(36)26-14-19(2)10-13-34(26)28(35)25(16-20-6-5-7-22(15-20)27(30)31)32-40(37,38)24-9-8-21-11-12-33(3)18-23(21)17-24;2-1(3)4/h5-10,15,17,25-26,32H,4,11-14,16,18H2,1-3H3,(H3,30,31);(H2,2,3,4)/t25-,26-;/m0./s1. The third-order valence-electron chi connectivity index (χ3n) is 7.33. The number of benzene rings is 2. The monoisotopic (exact) mass is 629 g/mol. The first-order valence-electron chi connectivity index (χ1n) is 14.0. The van der Waals surface area contributed by atoms with Crippen molar-refractivity contribution in [3.8, 4) is 0 Å². The van der Waals surface area contributed by atoms with E-state index in [1.165, 1.54) is 4.90 Å². The van der Waals surface area contributed by atoms with Crippen molar-refractivity contribution >= 4 is 33.9 Å². The zero-order chi connectivity index (χ0) is 32.6. The van der Waals surface area contributed by atoms with Crippen LogP contribution in [0.5, 0.6) is 0 Å². The Labute approximate surface area is 256 Å². The third-order valence-corrected chi connectivity index (χ3v) is 8.80. The average Bonchev–Trinajstić information content (AvgIpc) is 2.96. The number of rotatable bonds is 9. The van der Waals surface area contributed by atoms with E-state index in [0.717, 1.165) is 29.7 Å². The maximum atomic E-state index is 14.0. The number of esters is 1. The fourth-order valence-corrected chi connectivity index (χ4v) is 6.39. The molecule has 2 aliphatic rings. The number of carboxylic acid groups (broad SMARTS) is 2. The number of nitrogen functional groups attached to an aromatic ring is 1. The number of amides is 1. The van der Waals surface area contributed by atoms with Gasteiger partial charge in [0, 0.05) is 25.2 Å². The van der Waals surface area contributed by atoms with E-state index in [2.05, 4.69) is 9.62 Å². The molecular formula is C30H39N5O8S. The lowest BCUT2D eigenvalue weighted by molar-refractivity contribution is -0.155. The first-order valence-corrected chi connectivity index (χ1v) is 15.5. The highest BCUT2D eigenvalue weighted by Crippen LogP contribution is 2.24. The van der Waals surface area contributed by atoms with Crippen molar-refractivity contribution in [3.63, 3.8) is 0 Å². The van der Waals surface area contributed by atoms with Crippen molar-refractivity contribution in [2.75, 3.05) is 26.7 Å². The van der Waals surface area contributed by atoms with Gasteiger partial charge in [0.25, 0.3) is 0 Å². The van der Waals surface area contributed by atoms with Crippen LogP contribution in [-0.4, -0.2) is 91.1 Å². The molecule has 0 aliphatic carbocycles. The van der Waals surface area contributed by atoms with Gasteiger partial charge in [-0.3, -0.25) is 10.2 Å². The Morgan fingerprint density at radius 1 is 1.16 bits per heavy atom. The normalized spacial score (nSPS) is 17.3. The SMILES string of the molecule is CCOC(=O)[C@@H]1CC(C)=CCN1C(=O)[C@H](Cc1cccc(C(=N)N)c1)NS(=O)(=O)c1ccc2c(c1)CN(C)CC2.O=C(O)O. The molecule has 2 aliphatic heterocycles. The number of hydrogen-bond acceptors (Lipinski definition) is 8. The van der Waals surface area contributed by atoms with Crippen LogP contribution in [-0.2, 0) is 43.7 Å². The topological polar surface area (TPSA) is 203 Å². The second-order valence-electron chi connectivity index (χ2n) is 10.7. The van der Waals surface area contributed by atoms with E-state index in [0.29, 0.717) is 24.1 Å². The van der Waals surface area contributed by atoms with E-state index in [1.807, 2.05) is 26.1 Å². The minimum absolute atomic E-state index is 0.00159. The van der Waals surface area contributed by atoms with Crippen LogP contribution in [0, 0.1) is 5.41 Å². The highest BCUT2D eigenvalue weighted by atomic mass is 32.2. The van der Waals surface area contributed by atoms with Crippen molar-refractivity contribution in [1.82, 2.24) is 14.5 Å². The first kappa shape index (κ1) is 34.2. The van der Waals surface area contributed by atoms with Crippen LogP contribution in [0.15, 0.2) is 59.0 Å². The fourth-order valence-electron chi connectivity index (χ4n) is 5.15. The molecule has 0 spiro atoms. The molecule has 0 aromatic heterocycles. The molecule has 2 atom stereocenters. The molecule has 238 valence electrons. The van der Waals surface area contributed by atoms with E-state index in [1.54, 1.807) is 43.3 Å². The van der Waals surface area contributed by atoms with E-state index >= 15 is 0 Å². The van der Waals surface area contributed by atoms with Crippen molar-refractivity contribution < 1.29 is 37.8 Å². The van der Waals surface area contributed by atoms with Gasteiger partial charge in [0.05, 0.1) is 11.5 Å². The second-order valence-corrected chi connectivity index (χ2v) is 12.4. The van der Waals surface area contributed by atoms with Gasteiger partial charge in [-0.2, -0.15) is 4.72 Å². The Morgan fingerprint density at radius 2 is 1.86 bits per heavy atom. The third kappa shape index (κ3) is 9.11. The van der Waals surface area contributed by atoms with Gasteiger partial charge >= 0.3 is 12.1 Å². The van der Waals surface area contributed by atoms with Gasteiger partial charge < -0.3 is 30.5 Å². The van der Waals surface area contributed by atoms with Gasteiger partial charge in [-0.1, -0.05) is 35.9 Å². The van der Waals surface area contributed by atoms with Gasteiger partial charge in [0.2, 0.25) is 15.9 Å². The van der Waals surface area contributed by atoms with E-state index < -0.39 is 40.1 Å². The summed E-state index contributed by atoms with van der Waals surface area (Å²) >= 11 is 0. The summed E-state index contributed by atoms with van der Waals surface area (Å²) in [7, 11) is -2.13. The maximum absolute atomic E-state index is 14.0. The molecule has 0 radical (unpaired) electrons. The predicted molar refractivity (Wildman–Crippen MR) is 163 cm³/mol. The summed E-state index contributed by atoms with van der Waals surface area (Å²) in [6, 6.07) is 9.79. The van der Waals surface area contributed by atoms with Crippen molar-refractivity contribution in [2.45, 2.75) is 56.6 Å². The fraction of sp³-hybridized carbons (Fsp3) is 0.400. The number of ether oxygens (including phenoxy) is 1. The largest absolute Gasteiger partial charge is 0.503 e. The summed E-state index contributed by atoms with van der Waals surface area (Å²) in [5, 5.41) is 21.7. The quantitative estimate of drug-likeness (QED) is 0.118. The molecule has 44 heavy (non-hydrogen) atoms. The summed E-state index contributed by atoms with van der Waals surface area (Å²) in [6.45, 7) is 5.45. The Hall–Kier alpha value is -4.27. The Balaban J connectivity index is 0.00000124. The molecule has 0 saturated carbocycles. The van der Waals surface area contributed by atoms with Crippen LogP contribution in [0.3, 0.4) is 0 Å². The maximum Gasteiger partial charge on any atom is 0.503 e. The van der Waals surface area contributed by atoms with Crippen LogP contribution >= 0.6 is 0 Å². The molecule has 13 nitrogen and oxygen atoms in total. The van der Waals surface area contributed by atoms with Crippen LogP contribution < -0.4 is 10.5 Å². The number of fused-ring (bicyclic) bond motifs is 1. The highest BCUT2D eigenvalue weighted by molar-refractivity contribution is 7.89. The number of hydrogen-bond donors (Lipinski definition) is 5. The number of nitrogens with zero attached hydrogens (tertiary/aromatic N) is 2. The second kappa shape index (κ2) is 14.9. The van der Waals surface area contributed by atoms with Crippen LogP contribution in [0.2, 0.25) is 0 Å². The lowest BCUT2D eigenvalue weighted by atomic mass is 9.98. The first-order chi connectivity index (χ1) is 20.7. The van der Waals surface area contributed by atoms with Gasteiger partial charge in [-0.15, -0.1) is 0 Å². The number of nitrogens with one attached hydrogen (secondary N) is 2. The van der Waals surface area contributed by atoms with E-state index in [4.69, 9.17) is 30.9 Å². The zero-order valence-electron chi connectivity index (χ0n) is 24.9.